The van der Waals surface area contributed by atoms with Crippen LogP contribution in [0.15, 0.2) is 36.4 Å². The van der Waals surface area contributed by atoms with Gasteiger partial charge in [0.2, 0.25) is 0 Å². The fraction of sp³-hybridized carbons (Fsp3) is 0.294. The lowest BCUT2D eigenvalue weighted by Crippen LogP contribution is -2.09. The molecule has 0 radical (unpaired) electrons. The van der Waals surface area contributed by atoms with E-state index in [2.05, 4.69) is 45.1 Å². The highest BCUT2D eigenvalue weighted by atomic mass is 16.3. The standard InChI is InChI=1S/C17H21NO/c1-11-8-12(2)17(13(3)9-11)18-14(4)15-6-5-7-16(19)10-15/h5-10,14,18-19H,1-4H3. The fourth-order valence-electron chi connectivity index (χ4n) is 2.50. The van der Waals surface area contributed by atoms with E-state index in [-0.39, 0.29) is 6.04 Å². The summed E-state index contributed by atoms with van der Waals surface area (Å²) >= 11 is 0. The summed E-state index contributed by atoms with van der Waals surface area (Å²) in [4.78, 5) is 0. The molecule has 0 fully saturated rings. The first-order valence-electron chi connectivity index (χ1n) is 6.60. The van der Waals surface area contributed by atoms with Crippen molar-refractivity contribution in [2.45, 2.75) is 33.7 Å². The third-order valence-electron chi connectivity index (χ3n) is 3.41. The van der Waals surface area contributed by atoms with Gasteiger partial charge < -0.3 is 10.4 Å². The summed E-state index contributed by atoms with van der Waals surface area (Å²) in [5.41, 5.74) is 6.06. The minimum absolute atomic E-state index is 0.159. The summed E-state index contributed by atoms with van der Waals surface area (Å²) in [6.45, 7) is 8.46. The van der Waals surface area contributed by atoms with E-state index in [9.17, 15) is 5.11 Å². The van der Waals surface area contributed by atoms with Crippen LogP contribution in [0.4, 0.5) is 5.69 Å². The van der Waals surface area contributed by atoms with Gasteiger partial charge in [0.25, 0.3) is 0 Å². The molecule has 2 rings (SSSR count). The van der Waals surface area contributed by atoms with Crippen LogP contribution in [0.1, 0.15) is 35.2 Å². The van der Waals surface area contributed by atoms with Crippen molar-refractivity contribution in [2.75, 3.05) is 5.32 Å². The van der Waals surface area contributed by atoms with Crippen LogP contribution in [0.25, 0.3) is 0 Å². The summed E-state index contributed by atoms with van der Waals surface area (Å²) in [6.07, 6.45) is 0. The van der Waals surface area contributed by atoms with Crippen molar-refractivity contribution in [1.29, 1.82) is 0 Å². The summed E-state index contributed by atoms with van der Waals surface area (Å²) in [5, 5.41) is 13.1. The molecule has 2 aromatic carbocycles. The molecule has 0 spiro atoms. The normalized spacial score (nSPS) is 12.2. The average Bonchev–Trinajstić information content (AvgIpc) is 2.33. The Labute approximate surface area is 115 Å². The molecule has 2 aromatic rings. The number of phenols is 1. The minimum atomic E-state index is 0.159. The predicted molar refractivity (Wildman–Crippen MR) is 80.8 cm³/mol. The highest BCUT2D eigenvalue weighted by Gasteiger charge is 2.09. The molecule has 0 bridgehead atoms. The van der Waals surface area contributed by atoms with Crippen LogP contribution in [0.2, 0.25) is 0 Å². The minimum Gasteiger partial charge on any atom is -0.508 e. The zero-order valence-corrected chi connectivity index (χ0v) is 12.0. The highest BCUT2D eigenvalue weighted by Crippen LogP contribution is 2.27. The lowest BCUT2D eigenvalue weighted by atomic mass is 10.0. The third-order valence-corrected chi connectivity index (χ3v) is 3.41. The van der Waals surface area contributed by atoms with Gasteiger partial charge in [0.05, 0.1) is 0 Å². The molecule has 0 aromatic heterocycles. The number of hydrogen-bond donors (Lipinski definition) is 2. The molecule has 0 aliphatic heterocycles. The Bertz CT molecular complexity index is 567. The molecule has 19 heavy (non-hydrogen) atoms. The Morgan fingerprint density at radius 1 is 1.00 bits per heavy atom. The van der Waals surface area contributed by atoms with E-state index in [1.54, 1.807) is 12.1 Å². The number of phenolic OH excluding ortho intramolecular Hbond substituents is 1. The molecule has 1 unspecified atom stereocenters. The van der Waals surface area contributed by atoms with Crippen LogP contribution in [-0.2, 0) is 0 Å². The fourth-order valence-corrected chi connectivity index (χ4v) is 2.50. The number of aromatic hydroxyl groups is 1. The number of anilines is 1. The Morgan fingerprint density at radius 3 is 2.21 bits per heavy atom. The molecule has 0 saturated carbocycles. The van der Waals surface area contributed by atoms with Gasteiger partial charge in [0.15, 0.2) is 0 Å². The van der Waals surface area contributed by atoms with Crippen LogP contribution in [0.5, 0.6) is 5.75 Å². The molecule has 0 saturated heterocycles. The third kappa shape index (κ3) is 3.08. The number of hydrogen-bond acceptors (Lipinski definition) is 2. The summed E-state index contributed by atoms with van der Waals surface area (Å²) in [5.74, 6) is 0.309. The monoisotopic (exact) mass is 255 g/mol. The second-order valence-corrected chi connectivity index (χ2v) is 5.23. The average molecular weight is 255 g/mol. The smallest absolute Gasteiger partial charge is 0.115 e. The lowest BCUT2D eigenvalue weighted by Gasteiger charge is -2.20. The van der Waals surface area contributed by atoms with Gasteiger partial charge in [-0.2, -0.15) is 0 Å². The van der Waals surface area contributed by atoms with Crippen molar-refractivity contribution in [2.24, 2.45) is 0 Å². The van der Waals surface area contributed by atoms with Crippen LogP contribution in [0, 0.1) is 20.8 Å². The highest BCUT2D eigenvalue weighted by molar-refractivity contribution is 5.59. The molecule has 0 aliphatic rings. The predicted octanol–water partition coefficient (Wildman–Crippen LogP) is 4.49. The Morgan fingerprint density at radius 2 is 1.63 bits per heavy atom. The maximum Gasteiger partial charge on any atom is 0.115 e. The first-order chi connectivity index (χ1) is 8.97. The molecular formula is C17H21NO. The Kier molecular flexibility index (Phi) is 3.79. The largest absolute Gasteiger partial charge is 0.508 e. The van der Waals surface area contributed by atoms with Crippen LogP contribution in [-0.4, -0.2) is 5.11 Å². The van der Waals surface area contributed by atoms with Gasteiger partial charge in [0, 0.05) is 11.7 Å². The number of benzene rings is 2. The molecule has 0 heterocycles. The van der Waals surface area contributed by atoms with Gasteiger partial charge in [-0.05, 0) is 56.5 Å². The van der Waals surface area contributed by atoms with Crippen molar-refractivity contribution < 1.29 is 5.11 Å². The topological polar surface area (TPSA) is 32.3 Å². The zero-order chi connectivity index (χ0) is 14.0. The van der Waals surface area contributed by atoms with Crippen molar-refractivity contribution in [3.8, 4) is 5.75 Å². The molecule has 2 heteroatoms. The van der Waals surface area contributed by atoms with Crippen LogP contribution < -0.4 is 5.32 Å². The first kappa shape index (κ1) is 13.5. The van der Waals surface area contributed by atoms with Crippen molar-refractivity contribution >= 4 is 5.69 Å². The molecule has 0 aliphatic carbocycles. The summed E-state index contributed by atoms with van der Waals surface area (Å²) in [6, 6.07) is 11.9. The molecule has 2 N–H and O–H groups in total. The van der Waals surface area contributed by atoms with Gasteiger partial charge in [-0.15, -0.1) is 0 Å². The maximum absolute atomic E-state index is 9.55. The maximum atomic E-state index is 9.55. The van der Waals surface area contributed by atoms with E-state index in [1.165, 1.54) is 22.4 Å². The van der Waals surface area contributed by atoms with Crippen molar-refractivity contribution in [1.82, 2.24) is 0 Å². The van der Waals surface area contributed by atoms with Gasteiger partial charge in [0.1, 0.15) is 5.75 Å². The van der Waals surface area contributed by atoms with E-state index in [0.717, 1.165) is 5.56 Å². The molecule has 2 nitrogen and oxygen atoms in total. The zero-order valence-electron chi connectivity index (χ0n) is 12.0. The van der Waals surface area contributed by atoms with E-state index >= 15 is 0 Å². The van der Waals surface area contributed by atoms with Gasteiger partial charge in [-0.3, -0.25) is 0 Å². The van der Waals surface area contributed by atoms with Gasteiger partial charge in [-0.1, -0.05) is 29.8 Å². The molecule has 1 atom stereocenters. The summed E-state index contributed by atoms with van der Waals surface area (Å²) < 4.78 is 0. The molecular weight excluding hydrogens is 234 g/mol. The Balaban J connectivity index is 2.26. The SMILES string of the molecule is Cc1cc(C)c(NC(C)c2cccc(O)c2)c(C)c1. The number of nitrogens with one attached hydrogen (secondary N) is 1. The van der Waals surface area contributed by atoms with E-state index in [4.69, 9.17) is 0 Å². The van der Waals surface area contributed by atoms with Crippen LogP contribution >= 0.6 is 0 Å². The van der Waals surface area contributed by atoms with E-state index < -0.39 is 0 Å². The molecule has 0 amide bonds. The van der Waals surface area contributed by atoms with Gasteiger partial charge >= 0.3 is 0 Å². The van der Waals surface area contributed by atoms with E-state index in [1.807, 2.05) is 12.1 Å². The number of rotatable bonds is 3. The van der Waals surface area contributed by atoms with E-state index in [0.29, 0.717) is 5.75 Å². The van der Waals surface area contributed by atoms with Crippen molar-refractivity contribution in [3.05, 3.63) is 58.7 Å². The summed E-state index contributed by atoms with van der Waals surface area (Å²) in [7, 11) is 0. The lowest BCUT2D eigenvalue weighted by molar-refractivity contribution is 0.474. The van der Waals surface area contributed by atoms with Crippen molar-refractivity contribution in [3.63, 3.8) is 0 Å². The second-order valence-electron chi connectivity index (χ2n) is 5.23. The first-order valence-corrected chi connectivity index (χ1v) is 6.60. The second kappa shape index (κ2) is 5.35. The van der Waals surface area contributed by atoms with Gasteiger partial charge in [-0.25, -0.2) is 0 Å². The Hall–Kier alpha value is -1.96. The molecule has 100 valence electrons. The van der Waals surface area contributed by atoms with Crippen LogP contribution in [0.3, 0.4) is 0 Å². The number of aryl methyl sites for hydroxylation is 3. The quantitative estimate of drug-likeness (QED) is 0.847.